The number of nitrogens with one attached hydrogen (secondary N) is 1. The zero-order valence-corrected chi connectivity index (χ0v) is 16.5. The van der Waals surface area contributed by atoms with Gasteiger partial charge in [-0.25, -0.2) is 0 Å². The van der Waals surface area contributed by atoms with Gasteiger partial charge in [-0.1, -0.05) is 77.6 Å². The van der Waals surface area contributed by atoms with Crippen molar-refractivity contribution in [3.8, 4) is 0 Å². The Kier molecular flexibility index (Phi) is 6.47. The Morgan fingerprint density at radius 2 is 1.64 bits per heavy atom. The summed E-state index contributed by atoms with van der Waals surface area (Å²) in [4.78, 5) is 0. The molecule has 0 fully saturated rings. The van der Waals surface area contributed by atoms with E-state index < -0.39 is 0 Å². The molecule has 0 saturated carbocycles. The molecule has 0 aromatic heterocycles. The third-order valence-corrected chi connectivity index (χ3v) is 4.99. The normalized spacial score (nSPS) is 11.6. The van der Waals surface area contributed by atoms with Crippen LogP contribution in [-0.2, 0) is 12.8 Å². The molecule has 0 amide bonds. The highest BCUT2D eigenvalue weighted by Crippen LogP contribution is 2.29. The Balaban J connectivity index is 2.02. The molecule has 25 heavy (non-hydrogen) atoms. The van der Waals surface area contributed by atoms with Crippen LogP contribution in [0.1, 0.15) is 57.7 Å². The quantitative estimate of drug-likeness (QED) is 0.557. The van der Waals surface area contributed by atoms with Gasteiger partial charge in [0, 0.05) is 16.8 Å². The Hall–Kier alpha value is -2.02. The van der Waals surface area contributed by atoms with Crippen LogP contribution in [0.2, 0.25) is 0 Å². The number of allylic oxidation sites excluding steroid dienone is 1. The first-order valence-corrected chi connectivity index (χ1v) is 9.43. The fourth-order valence-electron chi connectivity index (χ4n) is 2.84. The van der Waals surface area contributed by atoms with Crippen LogP contribution >= 0.6 is 0 Å². The van der Waals surface area contributed by atoms with Gasteiger partial charge in [-0.3, -0.25) is 0 Å². The van der Waals surface area contributed by atoms with E-state index in [4.69, 9.17) is 0 Å². The van der Waals surface area contributed by atoms with Crippen LogP contribution in [0.4, 0.5) is 5.69 Å². The van der Waals surface area contributed by atoms with Gasteiger partial charge >= 0.3 is 0 Å². The highest BCUT2D eigenvalue weighted by molar-refractivity contribution is 5.50. The predicted molar refractivity (Wildman–Crippen MR) is 111 cm³/mol. The first-order valence-electron chi connectivity index (χ1n) is 9.43. The van der Waals surface area contributed by atoms with Crippen molar-refractivity contribution < 1.29 is 0 Å². The van der Waals surface area contributed by atoms with Gasteiger partial charge in [0.2, 0.25) is 0 Å². The number of anilines is 1. The molecule has 0 aliphatic rings. The van der Waals surface area contributed by atoms with Gasteiger partial charge in [-0.2, -0.15) is 0 Å². The maximum Gasteiger partial charge on any atom is 0.0381 e. The van der Waals surface area contributed by atoms with Crippen molar-refractivity contribution in [1.82, 2.24) is 0 Å². The summed E-state index contributed by atoms with van der Waals surface area (Å²) in [6.07, 6.45) is 3.20. The molecule has 0 radical (unpaired) electrons. The van der Waals surface area contributed by atoms with E-state index in [9.17, 15) is 0 Å². The van der Waals surface area contributed by atoms with Gasteiger partial charge in [-0.15, -0.1) is 0 Å². The summed E-state index contributed by atoms with van der Waals surface area (Å²) in [7, 11) is 0. The predicted octanol–water partition coefficient (Wildman–Crippen LogP) is 6.84. The first kappa shape index (κ1) is 19.3. The highest BCUT2D eigenvalue weighted by Gasteiger charge is 2.19. The van der Waals surface area contributed by atoms with E-state index >= 15 is 0 Å². The van der Waals surface area contributed by atoms with Crippen molar-refractivity contribution in [2.75, 3.05) is 5.32 Å². The molecular formula is C24H33N. The molecule has 0 unspecified atom stereocenters. The minimum Gasteiger partial charge on any atom is -0.359 e. The molecule has 1 heteroatoms. The molecule has 1 nitrogen and oxygen atoms in total. The van der Waals surface area contributed by atoms with Gasteiger partial charge in [-0.05, 0) is 54.0 Å². The lowest BCUT2D eigenvalue weighted by atomic mass is 9.87. The molecule has 1 N–H and O–H groups in total. The third kappa shape index (κ3) is 5.77. The summed E-state index contributed by atoms with van der Waals surface area (Å²) in [6.45, 7) is 15.4. The average Bonchev–Trinajstić information content (AvgIpc) is 2.56. The van der Waals surface area contributed by atoms with Crippen molar-refractivity contribution >= 4 is 5.69 Å². The van der Waals surface area contributed by atoms with Crippen LogP contribution in [-0.4, -0.2) is 0 Å². The van der Waals surface area contributed by atoms with E-state index in [1.807, 2.05) is 0 Å². The van der Waals surface area contributed by atoms with Gasteiger partial charge in [0.1, 0.15) is 0 Å². The summed E-state index contributed by atoms with van der Waals surface area (Å²) in [5.74, 6) is 0.695. The SMILES string of the molecule is C=C(Nc1ccc(Cc2cccc(CC(C)C)c2)cc1)C(C)(C)CC. The van der Waals surface area contributed by atoms with Crippen molar-refractivity contribution in [2.24, 2.45) is 11.3 Å². The minimum atomic E-state index is 0.107. The van der Waals surface area contributed by atoms with Gasteiger partial charge < -0.3 is 5.32 Å². The Bertz CT molecular complexity index is 692. The molecule has 0 aliphatic heterocycles. The molecular weight excluding hydrogens is 302 g/mol. The lowest BCUT2D eigenvalue weighted by Gasteiger charge is -2.26. The largest absolute Gasteiger partial charge is 0.359 e. The van der Waals surface area contributed by atoms with Crippen LogP contribution in [0.3, 0.4) is 0 Å². The van der Waals surface area contributed by atoms with Crippen LogP contribution in [0.25, 0.3) is 0 Å². The van der Waals surface area contributed by atoms with Crippen LogP contribution in [0.5, 0.6) is 0 Å². The summed E-state index contributed by atoms with van der Waals surface area (Å²) in [5.41, 5.74) is 6.45. The van der Waals surface area contributed by atoms with E-state index in [-0.39, 0.29) is 5.41 Å². The average molecular weight is 336 g/mol. The second-order valence-electron chi connectivity index (χ2n) is 8.13. The summed E-state index contributed by atoms with van der Waals surface area (Å²) in [5, 5.41) is 3.46. The Labute approximate surface area is 154 Å². The summed E-state index contributed by atoms with van der Waals surface area (Å²) < 4.78 is 0. The Morgan fingerprint density at radius 3 is 2.24 bits per heavy atom. The summed E-state index contributed by atoms with van der Waals surface area (Å²) in [6, 6.07) is 17.7. The van der Waals surface area contributed by atoms with Gasteiger partial charge in [0.25, 0.3) is 0 Å². The number of hydrogen-bond donors (Lipinski definition) is 1. The van der Waals surface area contributed by atoms with E-state index in [1.54, 1.807) is 0 Å². The summed E-state index contributed by atoms with van der Waals surface area (Å²) >= 11 is 0. The number of benzene rings is 2. The van der Waals surface area contributed by atoms with Crippen molar-refractivity contribution in [3.63, 3.8) is 0 Å². The van der Waals surface area contributed by atoms with E-state index in [0.29, 0.717) is 5.92 Å². The number of hydrogen-bond acceptors (Lipinski definition) is 1. The van der Waals surface area contributed by atoms with E-state index in [2.05, 4.69) is 95.0 Å². The topological polar surface area (TPSA) is 12.0 Å². The second kappa shape index (κ2) is 8.38. The lowest BCUT2D eigenvalue weighted by Crippen LogP contribution is -2.18. The zero-order valence-electron chi connectivity index (χ0n) is 16.5. The highest BCUT2D eigenvalue weighted by atomic mass is 14.9. The molecule has 0 spiro atoms. The molecule has 0 atom stereocenters. The minimum absolute atomic E-state index is 0.107. The zero-order chi connectivity index (χ0) is 18.4. The van der Waals surface area contributed by atoms with Crippen molar-refractivity contribution in [1.29, 1.82) is 0 Å². The lowest BCUT2D eigenvalue weighted by molar-refractivity contribution is 0.434. The van der Waals surface area contributed by atoms with Gasteiger partial charge in [0.15, 0.2) is 0 Å². The molecule has 0 heterocycles. The molecule has 134 valence electrons. The van der Waals surface area contributed by atoms with Crippen molar-refractivity contribution in [2.45, 2.75) is 53.9 Å². The van der Waals surface area contributed by atoms with Crippen LogP contribution in [0.15, 0.2) is 60.8 Å². The fourth-order valence-corrected chi connectivity index (χ4v) is 2.84. The van der Waals surface area contributed by atoms with E-state index in [1.165, 1.54) is 16.7 Å². The van der Waals surface area contributed by atoms with Gasteiger partial charge in [0.05, 0.1) is 0 Å². The third-order valence-electron chi connectivity index (χ3n) is 4.99. The Morgan fingerprint density at radius 1 is 1.00 bits per heavy atom. The first-order chi connectivity index (χ1) is 11.8. The van der Waals surface area contributed by atoms with Crippen molar-refractivity contribution in [3.05, 3.63) is 77.5 Å². The molecule has 0 bridgehead atoms. The standard InChI is InChI=1S/C24H33N/c1-7-24(5,6)19(4)25-23-13-11-20(12-14-23)16-22-10-8-9-21(17-22)15-18(2)3/h8-14,17-18,25H,4,7,15-16H2,1-3,5-6H3. The molecule has 2 rings (SSSR count). The molecule has 0 aliphatic carbocycles. The maximum absolute atomic E-state index is 4.20. The molecule has 2 aromatic carbocycles. The number of rotatable bonds is 8. The fraction of sp³-hybridized carbons (Fsp3) is 0.417. The van der Waals surface area contributed by atoms with E-state index in [0.717, 1.165) is 30.6 Å². The molecule has 0 saturated heterocycles. The second-order valence-corrected chi connectivity index (χ2v) is 8.13. The maximum atomic E-state index is 4.20. The van der Waals surface area contributed by atoms with Crippen LogP contribution < -0.4 is 5.32 Å². The monoisotopic (exact) mass is 335 g/mol. The smallest absolute Gasteiger partial charge is 0.0381 e. The molecule has 2 aromatic rings. The van der Waals surface area contributed by atoms with Crippen LogP contribution in [0, 0.1) is 11.3 Å².